The molecule has 0 saturated heterocycles. The molecule has 0 fully saturated rings. The summed E-state index contributed by atoms with van der Waals surface area (Å²) in [6.45, 7) is 5.74. The predicted octanol–water partition coefficient (Wildman–Crippen LogP) is 1.17. The molecule has 0 radical (unpaired) electrons. The molecule has 0 aliphatic heterocycles. The Morgan fingerprint density at radius 3 is 2.83 bits per heavy atom. The molecular formula is C12H17N5O. The largest absolute Gasteiger partial charge is 0.349 e. The zero-order chi connectivity index (χ0) is 13.1. The average molecular weight is 247 g/mol. The Labute approximate surface area is 105 Å². The van der Waals surface area contributed by atoms with Gasteiger partial charge in [0.05, 0.1) is 24.4 Å². The first-order valence-corrected chi connectivity index (χ1v) is 5.86. The first kappa shape index (κ1) is 12.3. The van der Waals surface area contributed by atoms with E-state index in [9.17, 15) is 4.79 Å². The zero-order valence-corrected chi connectivity index (χ0v) is 10.7. The van der Waals surface area contributed by atoms with Crippen LogP contribution in [0.1, 0.15) is 35.5 Å². The fraction of sp³-hybridized carbons (Fsp3) is 0.417. The highest BCUT2D eigenvalue weighted by atomic mass is 16.1. The minimum atomic E-state index is -0.0521. The summed E-state index contributed by atoms with van der Waals surface area (Å²) >= 11 is 0. The van der Waals surface area contributed by atoms with Crippen LogP contribution in [0.2, 0.25) is 0 Å². The molecule has 96 valence electrons. The SMILES string of the molecule is Cc1n[nH]c(C)c1CC(=O)NC(C)c1cn[nH]c1. The van der Waals surface area contributed by atoms with Gasteiger partial charge >= 0.3 is 0 Å². The number of aromatic nitrogens is 4. The van der Waals surface area contributed by atoms with Gasteiger partial charge in [-0.3, -0.25) is 15.0 Å². The van der Waals surface area contributed by atoms with E-state index in [-0.39, 0.29) is 11.9 Å². The van der Waals surface area contributed by atoms with Crippen molar-refractivity contribution in [3.8, 4) is 0 Å². The van der Waals surface area contributed by atoms with Gasteiger partial charge in [-0.05, 0) is 20.8 Å². The van der Waals surface area contributed by atoms with Crippen LogP contribution in [0.3, 0.4) is 0 Å². The van der Waals surface area contributed by atoms with Gasteiger partial charge in [-0.1, -0.05) is 0 Å². The molecule has 0 aliphatic rings. The maximum Gasteiger partial charge on any atom is 0.225 e. The molecule has 1 unspecified atom stereocenters. The van der Waals surface area contributed by atoms with Crippen molar-refractivity contribution in [2.24, 2.45) is 0 Å². The molecule has 2 heterocycles. The normalized spacial score (nSPS) is 12.4. The van der Waals surface area contributed by atoms with E-state index in [0.717, 1.165) is 22.5 Å². The van der Waals surface area contributed by atoms with Crippen LogP contribution in [0.5, 0.6) is 0 Å². The summed E-state index contributed by atoms with van der Waals surface area (Å²) in [7, 11) is 0. The van der Waals surface area contributed by atoms with Crippen LogP contribution in [0, 0.1) is 13.8 Å². The lowest BCUT2D eigenvalue weighted by molar-refractivity contribution is -0.121. The lowest BCUT2D eigenvalue weighted by Crippen LogP contribution is -2.28. The number of carbonyl (C=O) groups excluding carboxylic acids is 1. The maximum absolute atomic E-state index is 11.9. The highest BCUT2D eigenvalue weighted by Crippen LogP contribution is 2.12. The molecule has 1 atom stereocenters. The summed E-state index contributed by atoms with van der Waals surface area (Å²) in [6, 6.07) is -0.0521. The lowest BCUT2D eigenvalue weighted by Gasteiger charge is -2.12. The molecule has 2 aromatic rings. The predicted molar refractivity (Wildman–Crippen MR) is 66.9 cm³/mol. The number of hydrogen-bond acceptors (Lipinski definition) is 3. The van der Waals surface area contributed by atoms with Crippen LogP contribution in [-0.4, -0.2) is 26.3 Å². The number of H-pyrrole nitrogens is 2. The van der Waals surface area contributed by atoms with E-state index >= 15 is 0 Å². The summed E-state index contributed by atoms with van der Waals surface area (Å²) in [5, 5.41) is 16.5. The van der Waals surface area contributed by atoms with Crippen molar-refractivity contribution in [2.75, 3.05) is 0 Å². The fourth-order valence-corrected chi connectivity index (χ4v) is 1.87. The standard InChI is InChI=1S/C12H17N5O/c1-7(10-5-13-14-6-10)15-12(18)4-11-8(2)16-17-9(11)3/h5-7H,4H2,1-3H3,(H,13,14)(H,15,18)(H,16,17). The minimum Gasteiger partial charge on any atom is -0.349 e. The molecule has 0 bridgehead atoms. The van der Waals surface area contributed by atoms with E-state index in [0.29, 0.717) is 6.42 Å². The van der Waals surface area contributed by atoms with Crippen molar-refractivity contribution >= 4 is 5.91 Å². The van der Waals surface area contributed by atoms with Crippen molar-refractivity contribution < 1.29 is 4.79 Å². The number of rotatable bonds is 4. The van der Waals surface area contributed by atoms with Crippen molar-refractivity contribution in [1.29, 1.82) is 0 Å². The second-order valence-electron chi connectivity index (χ2n) is 4.41. The number of nitrogens with one attached hydrogen (secondary N) is 3. The van der Waals surface area contributed by atoms with Gasteiger partial charge in [-0.15, -0.1) is 0 Å². The first-order chi connectivity index (χ1) is 8.58. The van der Waals surface area contributed by atoms with Crippen LogP contribution < -0.4 is 5.32 Å². The smallest absolute Gasteiger partial charge is 0.225 e. The summed E-state index contributed by atoms with van der Waals surface area (Å²) < 4.78 is 0. The summed E-state index contributed by atoms with van der Waals surface area (Å²) in [6.07, 6.45) is 3.83. The molecule has 0 spiro atoms. The Balaban J connectivity index is 1.97. The molecule has 18 heavy (non-hydrogen) atoms. The molecule has 0 saturated carbocycles. The number of amides is 1. The topological polar surface area (TPSA) is 86.5 Å². The summed E-state index contributed by atoms with van der Waals surface area (Å²) in [4.78, 5) is 11.9. The third-order valence-corrected chi connectivity index (χ3v) is 3.01. The van der Waals surface area contributed by atoms with Crippen LogP contribution in [0.15, 0.2) is 12.4 Å². The third-order valence-electron chi connectivity index (χ3n) is 3.01. The van der Waals surface area contributed by atoms with E-state index < -0.39 is 0 Å². The Morgan fingerprint density at radius 1 is 1.50 bits per heavy atom. The van der Waals surface area contributed by atoms with Crippen molar-refractivity contribution in [3.05, 3.63) is 34.9 Å². The Kier molecular flexibility index (Phi) is 3.45. The van der Waals surface area contributed by atoms with Crippen molar-refractivity contribution in [2.45, 2.75) is 33.2 Å². The Hall–Kier alpha value is -2.11. The van der Waals surface area contributed by atoms with Gasteiger partial charge in [0, 0.05) is 23.0 Å². The van der Waals surface area contributed by atoms with Crippen LogP contribution in [0.25, 0.3) is 0 Å². The van der Waals surface area contributed by atoms with Gasteiger partial charge in [0.1, 0.15) is 0 Å². The lowest BCUT2D eigenvalue weighted by atomic mass is 10.1. The second-order valence-corrected chi connectivity index (χ2v) is 4.41. The van der Waals surface area contributed by atoms with E-state index in [2.05, 4.69) is 25.7 Å². The number of nitrogens with zero attached hydrogens (tertiary/aromatic N) is 2. The molecular weight excluding hydrogens is 230 g/mol. The summed E-state index contributed by atoms with van der Waals surface area (Å²) in [5.41, 5.74) is 3.74. The average Bonchev–Trinajstić information content (AvgIpc) is 2.94. The van der Waals surface area contributed by atoms with Gasteiger partial charge in [0.15, 0.2) is 0 Å². The highest BCUT2D eigenvalue weighted by Gasteiger charge is 2.14. The molecule has 0 aromatic carbocycles. The molecule has 1 amide bonds. The molecule has 3 N–H and O–H groups in total. The van der Waals surface area contributed by atoms with Gasteiger partial charge in [0.2, 0.25) is 5.91 Å². The van der Waals surface area contributed by atoms with Crippen molar-refractivity contribution in [3.63, 3.8) is 0 Å². The van der Waals surface area contributed by atoms with E-state index in [1.54, 1.807) is 12.4 Å². The molecule has 6 nitrogen and oxygen atoms in total. The minimum absolute atomic E-state index is 0.0173. The van der Waals surface area contributed by atoms with Gasteiger partial charge in [-0.2, -0.15) is 10.2 Å². The maximum atomic E-state index is 11.9. The van der Waals surface area contributed by atoms with Crippen molar-refractivity contribution in [1.82, 2.24) is 25.7 Å². The van der Waals surface area contributed by atoms with Crippen LogP contribution in [-0.2, 0) is 11.2 Å². The van der Waals surface area contributed by atoms with Gasteiger partial charge in [-0.25, -0.2) is 0 Å². The Bertz CT molecular complexity index is 509. The van der Waals surface area contributed by atoms with Gasteiger partial charge < -0.3 is 5.32 Å². The number of aromatic amines is 2. The highest BCUT2D eigenvalue weighted by molar-refractivity contribution is 5.79. The zero-order valence-electron chi connectivity index (χ0n) is 10.7. The molecule has 2 rings (SSSR count). The van der Waals surface area contributed by atoms with E-state index in [4.69, 9.17) is 0 Å². The number of aryl methyl sites for hydroxylation is 2. The van der Waals surface area contributed by atoms with Gasteiger partial charge in [0.25, 0.3) is 0 Å². The number of hydrogen-bond donors (Lipinski definition) is 3. The number of carbonyl (C=O) groups is 1. The van der Waals surface area contributed by atoms with E-state index in [1.165, 1.54) is 0 Å². The van der Waals surface area contributed by atoms with Crippen LogP contribution >= 0.6 is 0 Å². The third kappa shape index (κ3) is 2.58. The molecule has 0 aliphatic carbocycles. The quantitative estimate of drug-likeness (QED) is 0.758. The fourth-order valence-electron chi connectivity index (χ4n) is 1.87. The molecule has 6 heteroatoms. The first-order valence-electron chi connectivity index (χ1n) is 5.86. The van der Waals surface area contributed by atoms with Crippen LogP contribution in [0.4, 0.5) is 0 Å². The van der Waals surface area contributed by atoms with E-state index in [1.807, 2.05) is 20.8 Å². The monoisotopic (exact) mass is 247 g/mol. The Morgan fingerprint density at radius 2 is 2.28 bits per heavy atom. The molecule has 2 aromatic heterocycles. The second kappa shape index (κ2) is 5.03. The summed E-state index contributed by atoms with van der Waals surface area (Å²) in [5.74, 6) is -0.0173.